The highest BCUT2D eigenvalue weighted by Crippen LogP contribution is 2.27. The molecule has 0 amide bonds. The Kier molecular flexibility index (Phi) is 5.12. The Morgan fingerprint density at radius 2 is 2.06 bits per heavy atom. The van der Waals surface area contributed by atoms with Crippen LogP contribution in [-0.2, 0) is 9.47 Å². The average molecular weight is 289 g/mol. The minimum absolute atomic E-state index is 0.195. The second-order valence-corrected chi connectivity index (χ2v) is 4.62. The smallest absolute Gasteiger partial charge is 0.227 e. The highest BCUT2D eigenvalue weighted by molar-refractivity contribution is 7.16. The van der Waals surface area contributed by atoms with Crippen LogP contribution in [-0.4, -0.2) is 43.5 Å². The van der Waals surface area contributed by atoms with Crippen molar-refractivity contribution in [2.24, 2.45) is 0 Å². The summed E-state index contributed by atoms with van der Waals surface area (Å²) >= 11 is 7.32. The van der Waals surface area contributed by atoms with Crippen molar-refractivity contribution < 1.29 is 14.2 Å². The van der Waals surface area contributed by atoms with E-state index in [9.17, 15) is 0 Å². The Bertz CT molecular complexity index is 506. The van der Waals surface area contributed by atoms with Crippen LogP contribution in [0.5, 0.6) is 5.88 Å². The Morgan fingerprint density at radius 3 is 2.89 bits per heavy atom. The normalized spacial score (nSPS) is 11.0. The van der Waals surface area contributed by atoms with Crippen molar-refractivity contribution in [1.29, 1.82) is 0 Å². The zero-order valence-electron chi connectivity index (χ0n) is 9.89. The third-order valence-corrected chi connectivity index (χ3v) is 3.14. The maximum Gasteiger partial charge on any atom is 0.227 e. The fourth-order valence-electron chi connectivity index (χ4n) is 1.36. The molecule has 2 aromatic heterocycles. The number of aromatic nitrogens is 2. The minimum atomic E-state index is 0.195. The molecule has 2 heterocycles. The van der Waals surface area contributed by atoms with E-state index in [1.54, 1.807) is 7.11 Å². The number of rotatable bonds is 7. The van der Waals surface area contributed by atoms with Crippen molar-refractivity contribution >= 4 is 33.2 Å². The summed E-state index contributed by atoms with van der Waals surface area (Å²) in [4.78, 5) is 9.00. The Morgan fingerprint density at radius 1 is 1.22 bits per heavy atom. The second kappa shape index (κ2) is 6.84. The summed E-state index contributed by atoms with van der Waals surface area (Å²) in [6, 6.07) is 1.91. The van der Waals surface area contributed by atoms with E-state index in [0.29, 0.717) is 32.3 Å². The van der Waals surface area contributed by atoms with E-state index in [4.69, 9.17) is 25.8 Å². The molecule has 0 bridgehead atoms. The molecule has 18 heavy (non-hydrogen) atoms. The van der Waals surface area contributed by atoms with Crippen LogP contribution in [0.1, 0.15) is 0 Å². The Balaban J connectivity index is 1.89. The molecule has 0 aliphatic rings. The molecule has 5 nitrogen and oxygen atoms in total. The summed E-state index contributed by atoms with van der Waals surface area (Å²) in [5, 5.41) is 3.00. The molecule has 0 saturated carbocycles. The van der Waals surface area contributed by atoms with Crippen molar-refractivity contribution in [2.45, 2.75) is 0 Å². The number of fused-ring (bicyclic) bond motifs is 1. The lowest BCUT2D eigenvalue weighted by molar-refractivity contribution is 0.0539. The predicted octanol–water partition coefficient (Wildman–Crippen LogP) is 2.39. The van der Waals surface area contributed by atoms with Crippen LogP contribution in [0.4, 0.5) is 0 Å². The van der Waals surface area contributed by atoms with Gasteiger partial charge in [0.25, 0.3) is 0 Å². The largest absolute Gasteiger partial charge is 0.475 e. The number of nitrogens with zero attached hydrogens (tertiary/aromatic N) is 2. The van der Waals surface area contributed by atoms with Crippen LogP contribution in [0.15, 0.2) is 11.4 Å². The summed E-state index contributed by atoms with van der Waals surface area (Å²) in [5.41, 5.74) is 0. The summed E-state index contributed by atoms with van der Waals surface area (Å²) in [6.45, 7) is 2.03. The van der Waals surface area contributed by atoms with Crippen molar-refractivity contribution in [2.75, 3.05) is 33.5 Å². The number of hydrogen-bond acceptors (Lipinski definition) is 6. The molecular formula is C11H13ClN2O3S. The molecule has 0 atom stereocenters. The maximum absolute atomic E-state index is 5.82. The molecule has 0 radical (unpaired) electrons. The molecule has 7 heteroatoms. The van der Waals surface area contributed by atoms with Gasteiger partial charge < -0.3 is 14.2 Å². The number of methoxy groups -OCH3 is 1. The van der Waals surface area contributed by atoms with Gasteiger partial charge in [0.15, 0.2) is 0 Å². The number of hydrogen-bond donors (Lipinski definition) is 0. The lowest BCUT2D eigenvalue weighted by atomic mass is 10.4. The lowest BCUT2D eigenvalue weighted by Gasteiger charge is -2.07. The van der Waals surface area contributed by atoms with Crippen LogP contribution >= 0.6 is 22.9 Å². The molecule has 0 unspecified atom stereocenters. The first-order valence-electron chi connectivity index (χ1n) is 5.41. The monoisotopic (exact) mass is 288 g/mol. The zero-order chi connectivity index (χ0) is 12.8. The predicted molar refractivity (Wildman–Crippen MR) is 70.6 cm³/mol. The maximum atomic E-state index is 5.82. The molecule has 0 N–H and O–H groups in total. The summed E-state index contributed by atoms with van der Waals surface area (Å²) < 4.78 is 15.7. The van der Waals surface area contributed by atoms with E-state index < -0.39 is 0 Å². The van der Waals surface area contributed by atoms with E-state index in [1.165, 1.54) is 11.3 Å². The standard InChI is InChI=1S/C11H13ClN2O3S/c1-15-3-4-16-5-6-17-9-8-2-7-18-10(8)14-11(12)13-9/h2,7H,3-6H2,1H3. The van der Waals surface area contributed by atoms with Gasteiger partial charge in [0.2, 0.25) is 11.2 Å². The van der Waals surface area contributed by atoms with Gasteiger partial charge in [0.05, 0.1) is 25.2 Å². The van der Waals surface area contributed by atoms with Gasteiger partial charge in [-0.1, -0.05) is 0 Å². The molecule has 0 aromatic carbocycles. The minimum Gasteiger partial charge on any atom is -0.475 e. The highest BCUT2D eigenvalue weighted by Gasteiger charge is 2.08. The average Bonchev–Trinajstić information content (AvgIpc) is 2.81. The van der Waals surface area contributed by atoms with Crippen molar-refractivity contribution in [1.82, 2.24) is 9.97 Å². The molecule has 2 aromatic rings. The van der Waals surface area contributed by atoms with Gasteiger partial charge in [-0.05, 0) is 23.0 Å². The molecule has 0 spiro atoms. The van der Waals surface area contributed by atoms with Gasteiger partial charge in [0.1, 0.15) is 11.4 Å². The summed E-state index contributed by atoms with van der Waals surface area (Å²) in [6.07, 6.45) is 0. The van der Waals surface area contributed by atoms with Gasteiger partial charge in [0, 0.05) is 7.11 Å². The van der Waals surface area contributed by atoms with Crippen LogP contribution in [0.2, 0.25) is 5.28 Å². The van der Waals surface area contributed by atoms with Crippen molar-refractivity contribution in [3.8, 4) is 5.88 Å². The first-order valence-corrected chi connectivity index (χ1v) is 6.67. The SMILES string of the molecule is COCCOCCOc1nc(Cl)nc2sccc12. The van der Waals surface area contributed by atoms with Gasteiger partial charge >= 0.3 is 0 Å². The van der Waals surface area contributed by atoms with E-state index >= 15 is 0 Å². The number of ether oxygens (including phenoxy) is 3. The molecule has 0 aliphatic heterocycles. The number of thiophene rings is 1. The number of halogens is 1. The van der Waals surface area contributed by atoms with Gasteiger partial charge in [-0.2, -0.15) is 4.98 Å². The van der Waals surface area contributed by atoms with E-state index in [0.717, 1.165) is 10.2 Å². The molecule has 0 aliphatic carbocycles. The third-order valence-electron chi connectivity index (χ3n) is 2.16. The molecule has 2 rings (SSSR count). The van der Waals surface area contributed by atoms with E-state index in [2.05, 4.69) is 9.97 Å². The Labute approximate surface area is 114 Å². The fraction of sp³-hybridized carbons (Fsp3) is 0.455. The van der Waals surface area contributed by atoms with E-state index in [1.807, 2.05) is 11.4 Å². The van der Waals surface area contributed by atoms with Crippen molar-refractivity contribution in [3.05, 3.63) is 16.7 Å². The first kappa shape index (κ1) is 13.5. The van der Waals surface area contributed by atoms with Crippen LogP contribution in [0.25, 0.3) is 10.2 Å². The lowest BCUT2D eigenvalue weighted by Crippen LogP contribution is -2.10. The van der Waals surface area contributed by atoms with Crippen LogP contribution in [0, 0.1) is 0 Å². The molecule has 98 valence electrons. The Hall–Kier alpha value is -0.950. The van der Waals surface area contributed by atoms with Gasteiger partial charge in [-0.3, -0.25) is 0 Å². The van der Waals surface area contributed by atoms with Crippen LogP contribution < -0.4 is 4.74 Å². The fourth-order valence-corrected chi connectivity index (χ4v) is 2.32. The highest BCUT2D eigenvalue weighted by atomic mass is 35.5. The molecule has 0 fully saturated rings. The summed E-state index contributed by atoms with van der Waals surface area (Å²) in [5.74, 6) is 0.501. The van der Waals surface area contributed by atoms with Gasteiger partial charge in [-0.25, -0.2) is 4.98 Å². The zero-order valence-corrected chi connectivity index (χ0v) is 11.5. The van der Waals surface area contributed by atoms with Gasteiger partial charge in [-0.15, -0.1) is 11.3 Å². The van der Waals surface area contributed by atoms with Crippen LogP contribution in [0.3, 0.4) is 0 Å². The second-order valence-electron chi connectivity index (χ2n) is 3.39. The molecular weight excluding hydrogens is 276 g/mol. The topological polar surface area (TPSA) is 53.5 Å². The quantitative estimate of drug-likeness (QED) is 0.578. The first-order chi connectivity index (χ1) is 8.81. The summed E-state index contributed by atoms with van der Waals surface area (Å²) in [7, 11) is 1.63. The van der Waals surface area contributed by atoms with Crippen molar-refractivity contribution in [3.63, 3.8) is 0 Å². The third kappa shape index (κ3) is 3.52. The van der Waals surface area contributed by atoms with E-state index in [-0.39, 0.29) is 5.28 Å². The molecule has 0 saturated heterocycles.